The van der Waals surface area contributed by atoms with E-state index in [9.17, 15) is 4.79 Å². The highest BCUT2D eigenvalue weighted by atomic mass is 31.2. The van der Waals surface area contributed by atoms with Crippen molar-refractivity contribution < 1.29 is 19.1 Å². The van der Waals surface area contributed by atoms with Crippen LogP contribution in [0.4, 0.5) is 0 Å². The predicted molar refractivity (Wildman–Crippen MR) is 177 cm³/mol. The number of nitrogens with one attached hydrogen (secondary N) is 1. The van der Waals surface area contributed by atoms with E-state index in [1.807, 2.05) is 0 Å². The first-order valence-electron chi connectivity index (χ1n) is 17.3. The van der Waals surface area contributed by atoms with Gasteiger partial charge in [0.15, 0.2) is 0 Å². The van der Waals surface area contributed by atoms with Gasteiger partial charge < -0.3 is 19.6 Å². The van der Waals surface area contributed by atoms with E-state index in [4.69, 9.17) is 9.79 Å². The quantitative estimate of drug-likeness (QED) is 0.0442. The summed E-state index contributed by atoms with van der Waals surface area (Å²) in [6, 6.07) is 0. The van der Waals surface area contributed by atoms with Crippen LogP contribution < -0.4 is 5.32 Å². The lowest BCUT2D eigenvalue weighted by Gasteiger charge is -2.04. The Morgan fingerprint density at radius 3 is 1.30 bits per heavy atom. The standard InChI is InChI=1S/C18H35O4P.C16H35N/c1-2-3-4-5-6-7-8-9-10-11-12-13-14-15-16-17-18(19)22-23(20)21;1-3-5-7-9-11-13-15-17-16-14-12-10-8-6-4-2/h9-10,20-21H,2-8,11-17H2,1H3;17H,3-16H2,1-2H3. The zero-order valence-electron chi connectivity index (χ0n) is 27.1. The first-order chi connectivity index (χ1) is 19.6. The van der Waals surface area contributed by atoms with E-state index in [0.717, 1.165) is 25.7 Å². The Labute approximate surface area is 251 Å². The molecule has 240 valence electrons. The molecule has 0 bridgehead atoms. The molecule has 0 rings (SSSR count). The van der Waals surface area contributed by atoms with E-state index in [0.29, 0.717) is 0 Å². The van der Waals surface area contributed by atoms with Gasteiger partial charge in [0, 0.05) is 6.42 Å². The smallest absolute Gasteiger partial charge is 0.393 e. The van der Waals surface area contributed by atoms with Gasteiger partial charge in [-0.25, -0.2) is 0 Å². The van der Waals surface area contributed by atoms with Gasteiger partial charge in [-0.15, -0.1) is 0 Å². The van der Waals surface area contributed by atoms with Crippen LogP contribution in [0.3, 0.4) is 0 Å². The lowest BCUT2D eigenvalue weighted by atomic mass is 10.1. The van der Waals surface area contributed by atoms with E-state index in [2.05, 4.69) is 42.8 Å². The maximum Gasteiger partial charge on any atom is 0.393 e. The molecule has 5 nitrogen and oxygen atoms in total. The molecule has 0 spiro atoms. The van der Waals surface area contributed by atoms with E-state index in [-0.39, 0.29) is 6.42 Å². The van der Waals surface area contributed by atoms with Crippen molar-refractivity contribution in [3.05, 3.63) is 12.2 Å². The zero-order valence-corrected chi connectivity index (χ0v) is 28.0. The van der Waals surface area contributed by atoms with Gasteiger partial charge >= 0.3 is 14.6 Å². The molecule has 0 radical (unpaired) electrons. The average molecular weight is 588 g/mol. The van der Waals surface area contributed by atoms with E-state index >= 15 is 0 Å². The Kier molecular flexibility index (Phi) is 40.1. The highest BCUT2D eigenvalue weighted by Crippen LogP contribution is 2.25. The molecule has 0 aliphatic rings. The number of hydrogen-bond acceptors (Lipinski definition) is 5. The summed E-state index contributed by atoms with van der Waals surface area (Å²) in [7, 11) is -2.54. The Balaban J connectivity index is 0. The van der Waals surface area contributed by atoms with Gasteiger partial charge in [0.25, 0.3) is 0 Å². The summed E-state index contributed by atoms with van der Waals surface area (Å²) in [5.74, 6) is -0.515. The lowest BCUT2D eigenvalue weighted by molar-refractivity contribution is -0.135. The zero-order chi connectivity index (χ0) is 29.8. The fourth-order valence-electron chi connectivity index (χ4n) is 4.66. The van der Waals surface area contributed by atoms with Gasteiger partial charge in [-0.05, 0) is 58.0 Å². The third-order valence-corrected chi connectivity index (χ3v) is 7.61. The number of carbonyl (C=O) groups is 1. The van der Waals surface area contributed by atoms with Crippen molar-refractivity contribution in [1.29, 1.82) is 0 Å². The lowest BCUT2D eigenvalue weighted by Crippen LogP contribution is -2.16. The maximum absolute atomic E-state index is 11.1. The minimum Gasteiger partial charge on any atom is -0.394 e. The predicted octanol–water partition coefficient (Wildman–Crippen LogP) is 11.1. The molecule has 0 atom stereocenters. The van der Waals surface area contributed by atoms with Crippen LogP contribution in [0.1, 0.15) is 188 Å². The van der Waals surface area contributed by atoms with Gasteiger partial charge in [-0.1, -0.05) is 148 Å². The number of rotatable bonds is 30. The van der Waals surface area contributed by atoms with Gasteiger partial charge in [0.05, 0.1) is 0 Å². The first kappa shape index (κ1) is 41.7. The Morgan fingerprint density at radius 2 is 0.900 bits per heavy atom. The SMILES string of the molecule is CCCCCCCCC=CCCCCCCCC(=O)OP(O)O.CCCCCCCCNCCCCCCCC. The molecule has 40 heavy (non-hydrogen) atoms. The van der Waals surface area contributed by atoms with Crippen molar-refractivity contribution >= 4 is 14.6 Å². The molecule has 0 aromatic heterocycles. The summed E-state index contributed by atoms with van der Waals surface area (Å²) in [5.41, 5.74) is 0. The molecule has 0 aliphatic heterocycles. The topological polar surface area (TPSA) is 78.8 Å². The average Bonchev–Trinajstić information content (AvgIpc) is 2.93. The van der Waals surface area contributed by atoms with Crippen molar-refractivity contribution in [1.82, 2.24) is 5.32 Å². The Bertz CT molecular complexity index is 488. The Hall–Kier alpha value is -0.480. The molecule has 0 aromatic rings. The number of carbonyl (C=O) groups excluding carboxylic acids is 1. The van der Waals surface area contributed by atoms with Crippen LogP contribution in [-0.2, 0) is 9.32 Å². The molecule has 0 saturated carbocycles. The molecule has 0 amide bonds. The second kappa shape index (κ2) is 38.5. The summed E-state index contributed by atoms with van der Waals surface area (Å²) in [5, 5.41) is 3.57. The van der Waals surface area contributed by atoms with Crippen LogP contribution in [0.25, 0.3) is 0 Å². The molecular formula is C34H70NO4P. The van der Waals surface area contributed by atoms with Crippen LogP contribution in [0.2, 0.25) is 0 Å². The summed E-state index contributed by atoms with van der Waals surface area (Å²) in [6.45, 7) is 9.28. The van der Waals surface area contributed by atoms with Crippen LogP contribution in [-0.4, -0.2) is 28.8 Å². The molecule has 0 unspecified atom stereocenters. The second-order valence-electron chi connectivity index (χ2n) is 11.3. The minimum absolute atomic E-state index is 0.276. The van der Waals surface area contributed by atoms with Crippen molar-refractivity contribution in [2.45, 2.75) is 188 Å². The minimum atomic E-state index is -2.54. The van der Waals surface area contributed by atoms with Gasteiger partial charge in [-0.3, -0.25) is 4.79 Å². The highest BCUT2D eigenvalue weighted by molar-refractivity contribution is 7.40. The van der Waals surface area contributed by atoms with E-state index < -0.39 is 14.6 Å². The number of allylic oxidation sites excluding steroid dienone is 2. The van der Waals surface area contributed by atoms with Crippen molar-refractivity contribution in [3.8, 4) is 0 Å². The first-order valence-corrected chi connectivity index (χ1v) is 18.5. The van der Waals surface area contributed by atoms with Gasteiger partial charge in [0.1, 0.15) is 0 Å². The van der Waals surface area contributed by atoms with Gasteiger partial charge in [-0.2, -0.15) is 0 Å². The van der Waals surface area contributed by atoms with E-state index in [1.54, 1.807) is 0 Å². The van der Waals surface area contributed by atoms with E-state index in [1.165, 1.54) is 148 Å². The molecule has 0 aliphatic carbocycles. The number of hydrogen-bond donors (Lipinski definition) is 3. The van der Waals surface area contributed by atoms with Crippen LogP contribution in [0, 0.1) is 0 Å². The fourth-order valence-corrected chi connectivity index (χ4v) is 4.94. The monoisotopic (exact) mass is 588 g/mol. The highest BCUT2D eigenvalue weighted by Gasteiger charge is 2.08. The summed E-state index contributed by atoms with van der Waals surface area (Å²) >= 11 is 0. The van der Waals surface area contributed by atoms with Crippen LogP contribution in [0.15, 0.2) is 12.2 Å². The molecular weight excluding hydrogens is 517 g/mol. The summed E-state index contributed by atoms with van der Waals surface area (Å²) in [6.07, 6.45) is 37.6. The molecule has 0 fully saturated rings. The second-order valence-corrected chi connectivity index (χ2v) is 12.0. The Morgan fingerprint density at radius 1 is 0.550 bits per heavy atom. The third kappa shape index (κ3) is 42.0. The molecule has 0 saturated heterocycles. The number of unbranched alkanes of at least 4 members (excludes halogenated alkanes) is 21. The van der Waals surface area contributed by atoms with Crippen molar-refractivity contribution in [3.63, 3.8) is 0 Å². The molecule has 0 aromatic carbocycles. The molecule has 0 heterocycles. The molecule has 3 N–H and O–H groups in total. The van der Waals surface area contributed by atoms with Crippen molar-refractivity contribution in [2.75, 3.05) is 13.1 Å². The third-order valence-electron chi connectivity index (χ3n) is 7.24. The summed E-state index contributed by atoms with van der Waals surface area (Å²) in [4.78, 5) is 28.1. The summed E-state index contributed by atoms with van der Waals surface area (Å²) < 4.78 is 4.30. The normalized spacial score (nSPS) is 11.2. The maximum atomic E-state index is 11.1. The van der Waals surface area contributed by atoms with Crippen LogP contribution in [0.5, 0.6) is 0 Å². The van der Waals surface area contributed by atoms with Crippen LogP contribution >= 0.6 is 8.60 Å². The molecule has 6 heteroatoms. The fraction of sp³-hybridized carbons (Fsp3) is 0.912. The van der Waals surface area contributed by atoms with Crippen molar-refractivity contribution in [2.24, 2.45) is 0 Å². The van der Waals surface area contributed by atoms with Gasteiger partial charge in [0.2, 0.25) is 0 Å². The largest absolute Gasteiger partial charge is 0.394 e.